The largest absolute Gasteiger partial charge is 0.307 e. The maximum absolute atomic E-state index is 8.00. The average Bonchev–Trinajstić information content (AvgIpc) is 2.98. The fraction of sp³-hybridized carbons (Fsp3) is 0.333. The summed E-state index contributed by atoms with van der Waals surface area (Å²) in [5, 5.41) is 3.13. The van der Waals surface area contributed by atoms with Crippen molar-refractivity contribution in [2.75, 3.05) is 0 Å². The maximum Gasteiger partial charge on any atom is 0.123 e. The standard InChI is InChI=1S/C12H13NS.C2H6.CH2O/c1-2-4-10-5-3-6-11(9-10)12-13-7-8-14-12;2*1-2/h3,5-9H,2,4H2,1H3;1-2H3;1H2. The zero-order valence-electron chi connectivity index (χ0n) is 11.3. The number of carbonyl (C=O) groups excluding carboxylic acids is 1. The number of aryl methyl sites for hydroxylation is 1. The van der Waals surface area contributed by atoms with Gasteiger partial charge < -0.3 is 4.79 Å². The Bertz CT molecular complexity index is 412. The molecular weight excluding hydrogens is 242 g/mol. The van der Waals surface area contributed by atoms with E-state index in [0.29, 0.717) is 0 Å². The second-order valence-corrected chi connectivity index (χ2v) is 4.18. The van der Waals surface area contributed by atoms with Crippen molar-refractivity contribution in [2.24, 2.45) is 0 Å². The van der Waals surface area contributed by atoms with Crippen LogP contribution in [0.25, 0.3) is 10.6 Å². The van der Waals surface area contributed by atoms with E-state index in [0.717, 1.165) is 11.4 Å². The summed E-state index contributed by atoms with van der Waals surface area (Å²) in [6.45, 7) is 8.20. The van der Waals surface area contributed by atoms with Gasteiger partial charge in [-0.15, -0.1) is 11.3 Å². The van der Waals surface area contributed by atoms with Crippen molar-refractivity contribution in [2.45, 2.75) is 33.6 Å². The van der Waals surface area contributed by atoms with Gasteiger partial charge in [-0.05, 0) is 18.1 Å². The number of hydrogen-bond acceptors (Lipinski definition) is 3. The molecule has 1 aromatic heterocycles. The van der Waals surface area contributed by atoms with E-state index in [-0.39, 0.29) is 0 Å². The third-order valence-corrected chi connectivity index (χ3v) is 2.97. The molecule has 3 heteroatoms. The summed E-state index contributed by atoms with van der Waals surface area (Å²) in [6, 6.07) is 8.66. The predicted octanol–water partition coefficient (Wildman–Crippen LogP) is 4.60. The molecule has 0 aliphatic heterocycles. The van der Waals surface area contributed by atoms with Gasteiger partial charge in [-0.1, -0.05) is 45.4 Å². The minimum Gasteiger partial charge on any atom is -0.307 e. The molecule has 18 heavy (non-hydrogen) atoms. The van der Waals surface area contributed by atoms with Crippen LogP contribution in [0.15, 0.2) is 35.8 Å². The Morgan fingerprint density at radius 3 is 2.56 bits per heavy atom. The van der Waals surface area contributed by atoms with Crippen molar-refractivity contribution in [3.05, 3.63) is 41.4 Å². The first-order valence-corrected chi connectivity index (χ1v) is 7.06. The van der Waals surface area contributed by atoms with Gasteiger partial charge in [0.25, 0.3) is 0 Å². The molecule has 0 N–H and O–H groups in total. The third kappa shape index (κ3) is 5.23. The topological polar surface area (TPSA) is 30.0 Å². The van der Waals surface area contributed by atoms with E-state index in [4.69, 9.17) is 4.79 Å². The minimum atomic E-state index is 1.11. The predicted molar refractivity (Wildman–Crippen MR) is 80.0 cm³/mol. The van der Waals surface area contributed by atoms with Crippen LogP contribution >= 0.6 is 11.3 Å². The van der Waals surface area contributed by atoms with Crippen molar-refractivity contribution in [3.63, 3.8) is 0 Å². The van der Waals surface area contributed by atoms with Gasteiger partial charge in [-0.3, -0.25) is 0 Å². The van der Waals surface area contributed by atoms with Crippen molar-refractivity contribution in [1.29, 1.82) is 0 Å². The van der Waals surface area contributed by atoms with Crippen LogP contribution in [0, 0.1) is 0 Å². The van der Waals surface area contributed by atoms with Gasteiger partial charge in [-0.25, -0.2) is 4.98 Å². The normalized spacial score (nSPS) is 8.61. The fourth-order valence-electron chi connectivity index (χ4n) is 1.51. The third-order valence-electron chi connectivity index (χ3n) is 2.14. The number of carbonyl (C=O) groups is 1. The van der Waals surface area contributed by atoms with Gasteiger partial charge >= 0.3 is 0 Å². The first kappa shape index (κ1) is 16.5. The molecule has 2 rings (SSSR count). The van der Waals surface area contributed by atoms with Crippen LogP contribution < -0.4 is 0 Å². The molecule has 0 unspecified atom stereocenters. The van der Waals surface area contributed by atoms with E-state index < -0.39 is 0 Å². The molecule has 2 aromatic rings. The molecule has 0 aliphatic rings. The van der Waals surface area contributed by atoms with Crippen molar-refractivity contribution >= 4 is 18.1 Å². The Hall–Kier alpha value is -1.48. The van der Waals surface area contributed by atoms with Gasteiger partial charge in [0.1, 0.15) is 11.8 Å². The molecule has 0 saturated carbocycles. The van der Waals surface area contributed by atoms with Crippen LogP contribution in [-0.4, -0.2) is 11.8 Å². The van der Waals surface area contributed by atoms with E-state index >= 15 is 0 Å². The average molecular weight is 263 g/mol. The quantitative estimate of drug-likeness (QED) is 0.809. The van der Waals surface area contributed by atoms with Gasteiger partial charge in [0, 0.05) is 17.1 Å². The Balaban J connectivity index is 0.000000659. The highest BCUT2D eigenvalue weighted by Gasteiger charge is 2.00. The highest BCUT2D eigenvalue weighted by Crippen LogP contribution is 2.22. The number of benzene rings is 1. The van der Waals surface area contributed by atoms with E-state index in [1.165, 1.54) is 17.5 Å². The molecule has 0 atom stereocenters. The Morgan fingerprint density at radius 1 is 1.28 bits per heavy atom. The Labute approximate surface area is 114 Å². The van der Waals surface area contributed by atoms with Crippen LogP contribution in [0.1, 0.15) is 32.8 Å². The summed E-state index contributed by atoms with van der Waals surface area (Å²) in [7, 11) is 0. The molecular formula is C15H21NOS. The molecule has 0 saturated heterocycles. The van der Waals surface area contributed by atoms with Gasteiger partial charge in [0.05, 0.1) is 0 Å². The molecule has 1 aromatic carbocycles. The smallest absolute Gasteiger partial charge is 0.123 e. The first-order valence-electron chi connectivity index (χ1n) is 6.18. The molecule has 0 radical (unpaired) electrons. The van der Waals surface area contributed by atoms with E-state index in [2.05, 4.69) is 36.2 Å². The zero-order valence-corrected chi connectivity index (χ0v) is 12.2. The van der Waals surface area contributed by atoms with E-state index in [1.54, 1.807) is 11.3 Å². The minimum absolute atomic E-state index is 1.11. The van der Waals surface area contributed by atoms with Crippen LogP contribution in [0.3, 0.4) is 0 Å². The molecule has 0 aliphatic carbocycles. The zero-order chi connectivity index (χ0) is 13.8. The molecule has 2 nitrogen and oxygen atoms in total. The SMILES string of the molecule is C=O.CC.CCCc1cccc(-c2nccs2)c1. The van der Waals surface area contributed by atoms with E-state index in [9.17, 15) is 0 Å². The molecule has 0 spiro atoms. The lowest BCUT2D eigenvalue weighted by Crippen LogP contribution is -1.83. The summed E-state index contributed by atoms with van der Waals surface area (Å²) in [4.78, 5) is 12.3. The van der Waals surface area contributed by atoms with Crippen LogP contribution in [0.4, 0.5) is 0 Å². The van der Waals surface area contributed by atoms with E-state index in [1.807, 2.05) is 32.2 Å². The molecule has 98 valence electrons. The first-order chi connectivity index (χ1) is 8.90. The summed E-state index contributed by atoms with van der Waals surface area (Å²) < 4.78 is 0. The maximum atomic E-state index is 8.00. The Morgan fingerprint density at radius 2 is 2.00 bits per heavy atom. The lowest BCUT2D eigenvalue weighted by molar-refractivity contribution is -0.0979. The van der Waals surface area contributed by atoms with Gasteiger partial charge in [-0.2, -0.15) is 0 Å². The number of thiazole rings is 1. The number of hydrogen-bond donors (Lipinski definition) is 0. The Kier molecular flexibility index (Phi) is 9.78. The number of nitrogens with zero attached hydrogens (tertiary/aromatic N) is 1. The summed E-state index contributed by atoms with van der Waals surface area (Å²) in [5.74, 6) is 0. The van der Waals surface area contributed by atoms with Crippen molar-refractivity contribution in [3.8, 4) is 10.6 Å². The monoisotopic (exact) mass is 263 g/mol. The highest BCUT2D eigenvalue weighted by molar-refractivity contribution is 7.13. The summed E-state index contributed by atoms with van der Waals surface area (Å²) >= 11 is 1.69. The van der Waals surface area contributed by atoms with Gasteiger partial charge in [0.2, 0.25) is 0 Å². The number of rotatable bonds is 3. The van der Waals surface area contributed by atoms with Gasteiger partial charge in [0.15, 0.2) is 0 Å². The highest BCUT2D eigenvalue weighted by atomic mass is 32.1. The van der Waals surface area contributed by atoms with Crippen LogP contribution in [0.2, 0.25) is 0 Å². The second-order valence-electron chi connectivity index (χ2n) is 3.29. The van der Waals surface area contributed by atoms with Crippen molar-refractivity contribution in [1.82, 2.24) is 4.98 Å². The second kappa shape index (κ2) is 10.7. The van der Waals surface area contributed by atoms with Crippen molar-refractivity contribution < 1.29 is 4.79 Å². The van der Waals surface area contributed by atoms with Crippen LogP contribution in [0.5, 0.6) is 0 Å². The van der Waals surface area contributed by atoms with Crippen LogP contribution in [-0.2, 0) is 11.2 Å². The summed E-state index contributed by atoms with van der Waals surface area (Å²) in [6.07, 6.45) is 4.20. The lowest BCUT2D eigenvalue weighted by atomic mass is 10.1. The molecule has 0 fully saturated rings. The molecule has 0 bridgehead atoms. The fourth-order valence-corrected chi connectivity index (χ4v) is 2.15. The lowest BCUT2D eigenvalue weighted by Gasteiger charge is -2.00. The summed E-state index contributed by atoms with van der Waals surface area (Å²) in [5.41, 5.74) is 2.64. The molecule has 1 heterocycles. The molecule has 0 amide bonds. The number of aromatic nitrogens is 1.